The SMILES string of the molecule is C[Si](C)OCc1ccc(F)c(NC(=O)OC(C)(C)C)c1. The Balaban J connectivity index is 2.73. The van der Waals surface area contributed by atoms with Crippen LogP contribution in [-0.4, -0.2) is 20.7 Å². The van der Waals surface area contributed by atoms with E-state index in [0.29, 0.717) is 6.61 Å². The molecule has 1 amide bonds. The maximum absolute atomic E-state index is 13.7. The summed E-state index contributed by atoms with van der Waals surface area (Å²) < 4.78 is 24.3. The lowest BCUT2D eigenvalue weighted by atomic mass is 10.2. The smallest absolute Gasteiger partial charge is 0.412 e. The van der Waals surface area contributed by atoms with Gasteiger partial charge in [0.15, 0.2) is 0 Å². The molecule has 0 heterocycles. The van der Waals surface area contributed by atoms with Crippen molar-refractivity contribution in [3.05, 3.63) is 29.6 Å². The Bertz CT molecular complexity index is 472. The molecule has 20 heavy (non-hydrogen) atoms. The number of carbonyl (C=O) groups excluding carboxylic acids is 1. The monoisotopic (exact) mass is 298 g/mol. The van der Waals surface area contributed by atoms with Gasteiger partial charge in [0.25, 0.3) is 0 Å². The summed E-state index contributed by atoms with van der Waals surface area (Å²) in [6.45, 7) is 9.70. The third-order valence-corrected chi connectivity index (χ3v) is 2.92. The molecule has 1 aromatic rings. The largest absolute Gasteiger partial charge is 0.444 e. The molecular formula is C14H21FNO3Si. The van der Waals surface area contributed by atoms with E-state index in [2.05, 4.69) is 5.32 Å². The summed E-state index contributed by atoms with van der Waals surface area (Å²) in [5, 5.41) is 2.41. The van der Waals surface area contributed by atoms with Gasteiger partial charge in [-0.2, -0.15) is 0 Å². The van der Waals surface area contributed by atoms with Gasteiger partial charge in [-0.1, -0.05) is 6.07 Å². The first-order valence-corrected chi connectivity index (χ1v) is 8.79. The topological polar surface area (TPSA) is 47.6 Å². The Morgan fingerprint density at radius 1 is 1.35 bits per heavy atom. The number of anilines is 1. The maximum Gasteiger partial charge on any atom is 0.412 e. The zero-order valence-corrected chi connectivity index (χ0v) is 13.5. The Hall–Kier alpha value is -1.40. The van der Waals surface area contributed by atoms with E-state index in [4.69, 9.17) is 9.16 Å². The second-order valence-electron chi connectivity index (χ2n) is 5.64. The summed E-state index contributed by atoms with van der Waals surface area (Å²) in [4.78, 5) is 11.6. The van der Waals surface area contributed by atoms with Gasteiger partial charge in [0, 0.05) is 0 Å². The number of halogens is 1. The molecule has 0 saturated heterocycles. The molecular weight excluding hydrogens is 277 g/mol. The van der Waals surface area contributed by atoms with Crippen LogP contribution in [0.5, 0.6) is 0 Å². The normalized spacial score (nSPS) is 11.6. The molecule has 0 unspecified atom stereocenters. The van der Waals surface area contributed by atoms with Gasteiger partial charge in [0.05, 0.1) is 12.3 Å². The Morgan fingerprint density at radius 2 is 2.00 bits per heavy atom. The molecule has 0 aliphatic heterocycles. The van der Waals surface area contributed by atoms with Crippen LogP contribution in [0.2, 0.25) is 13.1 Å². The Labute approximate surface area is 121 Å². The van der Waals surface area contributed by atoms with Gasteiger partial charge in [-0.15, -0.1) is 0 Å². The molecule has 0 aromatic heterocycles. The van der Waals surface area contributed by atoms with Crippen LogP contribution in [0, 0.1) is 5.82 Å². The lowest BCUT2D eigenvalue weighted by molar-refractivity contribution is 0.0635. The molecule has 111 valence electrons. The maximum atomic E-state index is 13.7. The van der Waals surface area contributed by atoms with E-state index in [0.717, 1.165) is 5.56 Å². The van der Waals surface area contributed by atoms with Gasteiger partial charge in [0.2, 0.25) is 9.04 Å². The van der Waals surface area contributed by atoms with E-state index < -0.39 is 26.6 Å². The fourth-order valence-corrected chi connectivity index (χ4v) is 1.85. The van der Waals surface area contributed by atoms with Gasteiger partial charge in [-0.3, -0.25) is 5.32 Å². The molecule has 1 N–H and O–H groups in total. The van der Waals surface area contributed by atoms with Gasteiger partial charge in [-0.05, 0) is 51.6 Å². The van der Waals surface area contributed by atoms with Crippen LogP contribution in [-0.2, 0) is 15.8 Å². The predicted octanol–water partition coefficient (Wildman–Crippen LogP) is 3.94. The van der Waals surface area contributed by atoms with Crippen molar-refractivity contribution in [3.8, 4) is 0 Å². The highest BCUT2D eigenvalue weighted by atomic mass is 28.3. The minimum atomic E-state index is -0.807. The van der Waals surface area contributed by atoms with Crippen molar-refractivity contribution in [1.82, 2.24) is 0 Å². The first-order chi connectivity index (χ1) is 9.17. The standard InChI is InChI=1S/C14H21FNO3Si/c1-14(2,3)19-13(17)16-12-8-10(6-7-11(12)15)9-18-20(4)5/h6-8H,9H2,1-5H3,(H,16,17). The van der Waals surface area contributed by atoms with Crippen LogP contribution in [0.25, 0.3) is 0 Å². The van der Waals surface area contributed by atoms with Crippen LogP contribution < -0.4 is 5.32 Å². The van der Waals surface area contributed by atoms with Crippen LogP contribution in [0.4, 0.5) is 14.9 Å². The van der Waals surface area contributed by atoms with E-state index >= 15 is 0 Å². The lowest BCUT2D eigenvalue weighted by Gasteiger charge is -2.20. The lowest BCUT2D eigenvalue weighted by Crippen LogP contribution is -2.27. The van der Waals surface area contributed by atoms with Crippen molar-refractivity contribution in [2.75, 3.05) is 5.32 Å². The highest BCUT2D eigenvalue weighted by Crippen LogP contribution is 2.18. The van der Waals surface area contributed by atoms with Crippen molar-refractivity contribution in [2.24, 2.45) is 0 Å². The molecule has 0 aliphatic rings. The molecule has 1 radical (unpaired) electrons. The number of amides is 1. The average Bonchev–Trinajstić information content (AvgIpc) is 2.27. The molecule has 0 fully saturated rings. The fourth-order valence-electron chi connectivity index (χ4n) is 1.40. The molecule has 0 aliphatic carbocycles. The van der Waals surface area contributed by atoms with E-state index in [9.17, 15) is 9.18 Å². The number of nitrogens with one attached hydrogen (secondary N) is 1. The van der Waals surface area contributed by atoms with E-state index in [1.807, 2.05) is 13.1 Å². The minimum absolute atomic E-state index is 0.0985. The number of rotatable bonds is 4. The first kappa shape index (κ1) is 16.7. The molecule has 0 atom stereocenters. The van der Waals surface area contributed by atoms with E-state index in [1.54, 1.807) is 32.9 Å². The number of ether oxygens (including phenoxy) is 1. The number of hydrogen-bond acceptors (Lipinski definition) is 3. The zero-order chi connectivity index (χ0) is 15.3. The van der Waals surface area contributed by atoms with Crippen LogP contribution in [0.15, 0.2) is 18.2 Å². The van der Waals surface area contributed by atoms with Crippen molar-refractivity contribution in [3.63, 3.8) is 0 Å². The fraction of sp³-hybridized carbons (Fsp3) is 0.500. The highest BCUT2D eigenvalue weighted by Gasteiger charge is 2.17. The molecule has 0 bridgehead atoms. The van der Waals surface area contributed by atoms with Gasteiger partial charge in [0.1, 0.15) is 11.4 Å². The van der Waals surface area contributed by atoms with E-state index in [1.165, 1.54) is 6.07 Å². The quantitative estimate of drug-likeness (QED) is 0.856. The second kappa shape index (κ2) is 6.85. The third kappa shape index (κ3) is 6.16. The van der Waals surface area contributed by atoms with Crippen LogP contribution in [0.1, 0.15) is 26.3 Å². The van der Waals surface area contributed by atoms with Crippen molar-refractivity contribution < 1.29 is 18.3 Å². The van der Waals surface area contributed by atoms with Gasteiger partial charge >= 0.3 is 6.09 Å². The summed E-state index contributed by atoms with van der Waals surface area (Å²) in [6, 6.07) is 4.51. The predicted molar refractivity (Wildman–Crippen MR) is 78.5 cm³/mol. The average molecular weight is 298 g/mol. The van der Waals surface area contributed by atoms with Crippen LogP contribution >= 0.6 is 0 Å². The second-order valence-corrected chi connectivity index (χ2v) is 7.74. The first-order valence-electron chi connectivity index (χ1n) is 6.39. The zero-order valence-electron chi connectivity index (χ0n) is 12.5. The summed E-state index contributed by atoms with van der Waals surface area (Å²) in [6.07, 6.45) is -0.676. The summed E-state index contributed by atoms with van der Waals surface area (Å²) in [7, 11) is -0.807. The minimum Gasteiger partial charge on any atom is -0.444 e. The number of hydrogen-bond donors (Lipinski definition) is 1. The molecule has 0 spiro atoms. The molecule has 1 rings (SSSR count). The number of benzene rings is 1. The van der Waals surface area contributed by atoms with E-state index in [-0.39, 0.29) is 5.69 Å². The highest BCUT2D eigenvalue weighted by molar-refractivity contribution is 6.48. The molecule has 4 nitrogen and oxygen atoms in total. The van der Waals surface area contributed by atoms with Gasteiger partial charge in [-0.25, -0.2) is 9.18 Å². The van der Waals surface area contributed by atoms with Gasteiger partial charge < -0.3 is 9.16 Å². The Kier molecular flexibility index (Phi) is 5.70. The van der Waals surface area contributed by atoms with Crippen molar-refractivity contribution >= 4 is 20.8 Å². The van der Waals surface area contributed by atoms with Crippen molar-refractivity contribution in [2.45, 2.75) is 46.1 Å². The summed E-state index contributed by atoms with van der Waals surface area (Å²) >= 11 is 0. The van der Waals surface area contributed by atoms with Crippen molar-refractivity contribution in [1.29, 1.82) is 0 Å². The number of carbonyl (C=O) groups is 1. The third-order valence-electron chi connectivity index (χ3n) is 2.19. The molecule has 1 aromatic carbocycles. The molecule has 0 saturated carbocycles. The summed E-state index contributed by atoms with van der Waals surface area (Å²) in [5.41, 5.74) is 0.285. The Morgan fingerprint density at radius 3 is 2.55 bits per heavy atom. The van der Waals surface area contributed by atoms with Crippen LogP contribution in [0.3, 0.4) is 0 Å². The molecule has 6 heteroatoms. The summed E-state index contributed by atoms with van der Waals surface area (Å²) in [5.74, 6) is -0.502.